The number of nitrogens with one attached hydrogen (secondary N) is 1. The maximum atomic E-state index is 5.26. The fourth-order valence-electron chi connectivity index (χ4n) is 1.51. The summed E-state index contributed by atoms with van der Waals surface area (Å²) in [6, 6.07) is 0. The molecule has 0 bridgehead atoms. The Labute approximate surface area is 53.3 Å². The second-order valence-electron chi connectivity index (χ2n) is 3.06. The first-order valence-corrected chi connectivity index (χ1v) is 3.45. The summed E-state index contributed by atoms with van der Waals surface area (Å²) in [6.07, 6.45) is 3.16. The highest BCUT2D eigenvalue weighted by atomic mass is 16.6. The number of epoxide rings is 2. The maximum Gasteiger partial charge on any atom is 0.145 e. The zero-order valence-electron chi connectivity index (χ0n) is 5.09. The lowest BCUT2D eigenvalue weighted by Gasteiger charge is -2.14. The zero-order valence-corrected chi connectivity index (χ0v) is 5.09. The van der Waals surface area contributed by atoms with Gasteiger partial charge in [0.15, 0.2) is 0 Å². The van der Waals surface area contributed by atoms with E-state index >= 15 is 0 Å². The largest absolute Gasteiger partial charge is 0.354 e. The monoisotopic (exact) mass is 127 g/mol. The van der Waals surface area contributed by atoms with Crippen molar-refractivity contribution in [1.29, 1.82) is 0 Å². The lowest BCUT2D eigenvalue weighted by Crippen LogP contribution is -2.40. The molecule has 3 heterocycles. The molecule has 3 aliphatic rings. The van der Waals surface area contributed by atoms with Crippen LogP contribution in [0.3, 0.4) is 0 Å². The molecular formula is C6H9NO2. The van der Waals surface area contributed by atoms with Crippen LogP contribution >= 0.6 is 0 Å². The molecule has 3 fully saturated rings. The minimum Gasteiger partial charge on any atom is -0.354 e. The third-order valence-corrected chi connectivity index (χ3v) is 2.31. The Hall–Kier alpha value is -0.120. The fraction of sp³-hybridized carbons (Fsp3) is 1.00. The van der Waals surface area contributed by atoms with Gasteiger partial charge in [-0.1, -0.05) is 0 Å². The number of piperidine rings is 1. The van der Waals surface area contributed by atoms with Gasteiger partial charge in [0.1, 0.15) is 12.0 Å². The van der Waals surface area contributed by atoms with E-state index in [9.17, 15) is 0 Å². The molecule has 0 radical (unpaired) electrons. The Kier molecular flexibility index (Phi) is 0.604. The molecule has 3 aliphatic heterocycles. The van der Waals surface area contributed by atoms with Crippen molar-refractivity contribution in [3.63, 3.8) is 0 Å². The highest BCUT2D eigenvalue weighted by Gasteiger charge is 2.56. The van der Waals surface area contributed by atoms with Crippen LogP contribution in [0.1, 0.15) is 12.8 Å². The van der Waals surface area contributed by atoms with Gasteiger partial charge in [0, 0.05) is 0 Å². The number of hydrogen-bond acceptors (Lipinski definition) is 3. The van der Waals surface area contributed by atoms with E-state index in [0.717, 1.165) is 13.0 Å². The van der Waals surface area contributed by atoms with Crippen molar-refractivity contribution < 1.29 is 9.47 Å². The van der Waals surface area contributed by atoms with E-state index in [0.29, 0.717) is 12.3 Å². The van der Waals surface area contributed by atoms with E-state index in [4.69, 9.17) is 9.47 Å². The Bertz CT molecular complexity index is 155. The predicted octanol–water partition coefficient (Wildman–Crippen LogP) is -0.179. The van der Waals surface area contributed by atoms with Crippen LogP contribution in [0.2, 0.25) is 0 Å². The number of rotatable bonds is 0. The van der Waals surface area contributed by atoms with Crippen LogP contribution in [0.5, 0.6) is 0 Å². The van der Waals surface area contributed by atoms with Crippen LogP contribution in [-0.4, -0.2) is 24.7 Å². The van der Waals surface area contributed by atoms with Crippen molar-refractivity contribution in [2.75, 3.05) is 6.61 Å². The average molecular weight is 127 g/mol. The van der Waals surface area contributed by atoms with Crippen LogP contribution in [0.25, 0.3) is 0 Å². The summed E-state index contributed by atoms with van der Waals surface area (Å²) in [4.78, 5) is 0. The van der Waals surface area contributed by atoms with Crippen LogP contribution in [-0.2, 0) is 9.47 Å². The SMILES string of the molecule is C1CC2(CO2)NC2OC12. The first kappa shape index (κ1) is 4.66. The minimum absolute atomic E-state index is 0.0671. The number of hydrogen-bond donors (Lipinski definition) is 1. The van der Waals surface area contributed by atoms with Gasteiger partial charge >= 0.3 is 0 Å². The third-order valence-electron chi connectivity index (χ3n) is 2.31. The number of ether oxygens (including phenoxy) is 2. The van der Waals surface area contributed by atoms with Crippen LogP contribution in [0, 0.1) is 0 Å². The van der Waals surface area contributed by atoms with Crippen molar-refractivity contribution in [2.45, 2.75) is 30.9 Å². The van der Waals surface area contributed by atoms with E-state index < -0.39 is 0 Å². The lowest BCUT2D eigenvalue weighted by atomic mass is 10.1. The third kappa shape index (κ3) is 0.569. The van der Waals surface area contributed by atoms with E-state index in [-0.39, 0.29) is 5.72 Å². The van der Waals surface area contributed by atoms with E-state index in [1.165, 1.54) is 6.42 Å². The smallest absolute Gasteiger partial charge is 0.145 e. The molecule has 3 nitrogen and oxygen atoms in total. The van der Waals surface area contributed by atoms with Gasteiger partial charge < -0.3 is 9.47 Å². The predicted molar refractivity (Wildman–Crippen MR) is 29.7 cm³/mol. The fourth-order valence-corrected chi connectivity index (χ4v) is 1.51. The van der Waals surface area contributed by atoms with Crippen molar-refractivity contribution >= 4 is 0 Å². The van der Waals surface area contributed by atoms with E-state index in [1.54, 1.807) is 0 Å². The Morgan fingerprint density at radius 1 is 1.56 bits per heavy atom. The van der Waals surface area contributed by atoms with Crippen LogP contribution in [0.15, 0.2) is 0 Å². The van der Waals surface area contributed by atoms with Gasteiger partial charge in [0.25, 0.3) is 0 Å². The molecule has 0 aromatic carbocycles. The highest BCUT2D eigenvalue weighted by molar-refractivity contribution is 5.02. The highest BCUT2D eigenvalue weighted by Crippen LogP contribution is 2.41. The topological polar surface area (TPSA) is 37.1 Å². The van der Waals surface area contributed by atoms with Gasteiger partial charge in [0.2, 0.25) is 0 Å². The Balaban J connectivity index is 1.80. The molecule has 3 unspecified atom stereocenters. The van der Waals surface area contributed by atoms with Gasteiger partial charge in [0.05, 0.1) is 12.7 Å². The second kappa shape index (κ2) is 1.17. The molecule has 0 amide bonds. The molecule has 1 spiro atoms. The summed E-state index contributed by atoms with van der Waals surface area (Å²) >= 11 is 0. The van der Waals surface area contributed by atoms with Crippen LogP contribution in [0.4, 0.5) is 0 Å². The van der Waals surface area contributed by atoms with Gasteiger partial charge in [-0.05, 0) is 12.8 Å². The molecule has 3 rings (SSSR count). The molecule has 0 aromatic heterocycles. The molecule has 0 aromatic rings. The summed E-state index contributed by atoms with van der Waals surface area (Å²) in [5, 5.41) is 3.30. The second-order valence-corrected chi connectivity index (χ2v) is 3.06. The molecule has 3 saturated heterocycles. The number of fused-ring (bicyclic) bond motifs is 1. The molecule has 50 valence electrons. The molecule has 3 atom stereocenters. The summed E-state index contributed by atoms with van der Waals surface area (Å²) < 4.78 is 10.5. The maximum absolute atomic E-state index is 5.26. The first-order chi connectivity index (χ1) is 4.38. The molecular weight excluding hydrogens is 118 g/mol. The van der Waals surface area contributed by atoms with Crippen molar-refractivity contribution in [3.8, 4) is 0 Å². The molecule has 0 saturated carbocycles. The van der Waals surface area contributed by atoms with Crippen molar-refractivity contribution in [2.24, 2.45) is 0 Å². The van der Waals surface area contributed by atoms with Gasteiger partial charge in [-0.2, -0.15) is 0 Å². The van der Waals surface area contributed by atoms with Crippen molar-refractivity contribution in [3.05, 3.63) is 0 Å². The normalized spacial score (nSPS) is 61.3. The summed E-state index contributed by atoms with van der Waals surface area (Å²) in [5.74, 6) is 0. The van der Waals surface area contributed by atoms with Gasteiger partial charge in [-0.15, -0.1) is 0 Å². The standard InChI is InChI=1S/C6H9NO2/c1-2-6(3-8-6)7-5-4(1)9-5/h4-5,7H,1-3H2. The zero-order chi connectivity index (χ0) is 5.90. The van der Waals surface area contributed by atoms with E-state index in [1.807, 2.05) is 0 Å². The molecule has 3 heteroatoms. The van der Waals surface area contributed by atoms with Crippen molar-refractivity contribution in [1.82, 2.24) is 5.32 Å². The Morgan fingerprint density at radius 2 is 2.44 bits per heavy atom. The van der Waals surface area contributed by atoms with Crippen LogP contribution < -0.4 is 5.32 Å². The minimum atomic E-state index is 0.0671. The average Bonchev–Trinajstić information content (AvgIpc) is 2.70. The summed E-state index contributed by atoms with van der Waals surface area (Å²) in [5.41, 5.74) is 0.0671. The van der Waals surface area contributed by atoms with Gasteiger partial charge in [-0.25, -0.2) is 0 Å². The molecule has 1 N–H and O–H groups in total. The van der Waals surface area contributed by atoms with E-state index in [2.05, 4.69) is 5.32 Å². The lowest BCUT2D eigenvalue weighted by molar-refractivity contribution is 0.208. The quantitative estimate of drug-likeness (QED) is 0.459. The summed E-state index contributed by atoms with van der Waals surface area (Å²) in [6.45, 7) is 0.888. The first-order valence-electron chi connectivity index (χ1n) is 3.45. The molecule has 0 aliphatic carbocycles. The molecule has 9 heavy (non-hydrogen) atoms. The van der Waals surface area contributed by atoms with Gasteiger partial charge in [-0.3, -0.25) is 5.32 Å². The Morgan fingerprint density at radius 3 is 3.11 bits per heavy atom. The summed E-state index contributed by atoms with van der Waals surface area (Å²) in [7, 11) is 0.